The van der Waals surface area contributed by atoms with Crippen LogP contribution in [0.4, 0.5) is 0 Å². The van der Waals surface area contributed by atoms with Crippen molar-refractivity contribution >= 4 is 92.8 Å². The summed E-state index contributed by atoms with van der Waals surface area (Å²) in [4.78, 5) is -4.41. The minimum atomic E-state index is -1.45. The van der Waals surface area contributed by atoms with Crippen molar-refractivity contribution in [3.63, 3.8) is 0 Å². The van der Waals surface area contributed by atoms with E-state index in [-0.39, 0.29) is 11.8 Å². The smallest absolute Gasteiger partial charge is 0.121 e. The van der Waals surface area contributed by atoms with E-state index >= 15 is 0 Å². The molecular formula is C10H6Cl8. The second kappa shape index (κ2) is 3.16. The zero-order valence-corrected chi connectivity index (χ0v) is 14.6. The molecule has 0 nitrogen and oxygen atoms in total. The van der Waals surface area contributed by atoms with Crippen molar-refractivity contribution in [3.05, 3.63) is 0 Å². The van der Waals surface area contributed by atoms with Gasteiger partial charge in [-0.15, -0.1) is 69.6 Å². The first-order valence-electron chi connectivity index (χ1n) is 5.44. The lowest BCUT2D eigenvalue weighted by Crippen LogP contribution is -2.70. The summed E-state index contributed by atoms with van der Waals surface area (Å²) in [5, 5.41) is -1.16. The predicted molar refractivity (Wildman–Crippen MR) is 79.7 cm³/mol. The van der Waals surface area contributed by atoms with E-state index in [0.29, 0.717) is 6.42 Å². The van der Waals surface area contributed by atoms with Crippen LogP contribution in [-0.2, 0) is 0 Å². The van der Waals surface area contributed by atoms with Crippen molar-refractivity contribution < 1.29 is 0 Å². The summed E-state index contributed by atoms with van der Waals surface area (Å²) < 4.78 is -1.45. The van der Waals surface area contributed by atoms with Gasteiger partial charge in [0.2, 0.25) is 0 Å². The maximum Gasteiger partial charge on any atom is 0.160 e. The number of fused-ring (bicyclic) bond motifs is 4. The fourth-order valence-corrected chi connectivity index (χ4v) is 10.2. The van der Waals surface area contributed by atoms with Crippen LogP contribution in [0.5, 0.6) is 0 Å². The highest BCUT2D eigenvalue weighted by Crippen LogP contribution is 2.91. The van der Waals surface area contributed by atoms with Gasteiger partial charge in [-0.25, -0.2) is 0 Å². The maximum atomic E-state index is 6.75. The molecule has 102 valence electrons. The lowest BCUT2D eigenvalue weighted by atomic mass is 9.68. The molecule has 0 aromatic rings. The van der Waals surface area contributed by atoms with E-state index in [2.05, 4.69) is 0 Å². The van der Waals surface area contributed by atoms with Gasteiger partial charge in [0.1, 0.15) is 14.6 Å². The molecule has 0 aromatic heterocycles. The first kappa shape index (κ1) is 13.9. The molecule has 4 bridgehead atoms. The van der Waals surface area contributed by atoms with Crippen LogP contribution in [0.15, 0.2) is 0 Å². The summed E-state index contributed by atoms with van der Waals surface area (Å²) in [5.74, 6) is -0.340. The summed E-state index contributed by atoms with van der Waals surface area (Å²) in [5.41, 5.74) is 0. The largest absolute Gasteiger partial charge is 0.160 e. The summed E-state index contributed by atoms with van der Waals surface area (Å²) in [6, 6.07) is 0. The van der Waals surface area contributed by atoms with Crippen molar-refractivity contribution in [1.82, 2.24) is 0 Å². The molecule has 4 saturated carbocycles. The van der Waals surface area contributed by atoms with Gasteiger partial charge < -0.3 is 0 Å². The summed E-state index contributed by atoms with van der Waals surface area (Å²) in [7, 11) is 0. The Balaban J connectivity index is 2.13. The molecule has 4 aliphatic carbocycles. The normalized spacial score (nSPS) is 74.7. The van der Waals surface area contributed by atoms with Crippen molar-refractivity contribution in [2.24, 2.45) is 11.8 Å². The summed E-state index contributed by atoms with van der Waals surface area (Å²) in [6.07, 6.45) is 0.541. The third kappa shape index (κ3) is 0.831. The van der Waals surface area contributed by atoms with E-state index in [1.165, 1.54) is 0 Å². The fourth-order valence-electron chi connectivity index (χ4n) is 4.83. The van der Waals surface area contributed by atoms with E-state index < -0.39 is 34.6 Å². The Morgan fingerprint density at radius 1 is 0.833 bits per heavy atom. The van der Waals surface area contributed by atoms with Crippen LogP contribution in [0.2, 0.25) is 0 Å². The molecule has 0 heterocycles. The van der Waals surface area contributed by atoms with Gasteiger partial charge in [-0.1, -0.05) is 23.2 Å². The first-order valence-corrected chi connectivity index (χ1v) is 8.58. The van der Waals surface area contributed by atoms with E-state index in [0.717, 1.165) is 0 Å². The quantitative estimate of drug-likeness (QED) is 0.496. The van der Waals surface area contributed by atoms with Gasteiger partial charge in [0.15, 0.2) is 4.33 Å². The van der Waals surface area contributed by atoms with Gasteiger partial charge in [0, 0.05) is 5.92 Å². The van der Waals surface area contributed by atoms with Crippen LogP contribution in [0.25, 0.3) is 0 Å². The van der Waals surface area contributed by atoms with Crippen LogP contribution in [0.1, 0.15) is 6.42 Å². The Morgan fingerprint density at radius 2 is 1.39 bits per heavy atom. The third-order valence-electron chi connectivity index (χ3n) is 5.49. The lowest BCUT2D eigenvalue weighted by molar-refractivity contribution is 0.214. The van der Waals surface area contributed by atoms with Crippen molar-refractivity contribution in [3.8, 4) is 0 Å². The number of hydrogen-bond acceptors (Lipinski definition) is 0. The molecule has 18 heavy (non-hydrogen) atoms. The molecule has 0 spiro atoms. The maximum absolute atomic E-state index is 6.75. The van der Waals surface area contributed by atoms with Crippen LogP contribution in [0.3, 0.4) is 0 Å². The molecule has 4 rings (SSSR count). The first-order chi connectivity index (χ1) is 8.03. The minimum absolute atomic E-state index is 0.112. The van der Waals surface area contributed by atoms with Gasteiger partial charge in [0.25, 0.3) is 0 Å². The van der Waals surface area contributed by atoms with Crippen molar-refractivity contribution in [2.45, 2.75) is 41.0 Å². The average Bonchev–Trinajstić information content (AvgIpc) is 2.71. The fraction of sp³-hybridized carbons (Fsp3) is 1.00. The molecule has 8 heteroatoms. The molecule has 4 aliphatic rings. The Kier molecular flexibility index (Phi) is 2.45. The molecule has 8 atom stereocenters. The molecule has 0 aromatic carbocycles. The van der Waals surface area contributed by atoms with Gasteiger partial charge >= 0.3 is 0 Å². The molecule has 0 aliphatic heterocycles. The molecule has 0 radical (unpaired) electrons. The van der Waals surface area contributed by atoms with Gasteiger partial charge in [0.05, 0.1) is 15.6 Å². The second-order valence-electron chi connectivity index (χ2n) is 5.73. The van der Waals surface area contributed by atoms with Crippen LogP contribution in [-0.4, -0.2) is 34.6 Å². The standard InChI is InChI=1S/C10H6Cl8/c11-4-3-2-1-6(4,13)9(16)5(12)7(3,14)10(17,18)8(2,9)15/h2-5H,1H2/t2-,3-,4+,5-,6-,7+,8-,9+/m1/s1. The number of rotatable bonds is 0. The SMILES string of the molecule is Cl[C@@H]1[C@@]2(Cl)[C@@H]3[C@H]4C[C@@](Cl)([C@H]3Cl)[C@]1(Cl)[C@@]4(Cl)C2(Cl)Cl. The molecule has 0 saturated heterocycles. The van der Waals surface area contributed by atoms with Crippen molar-refractivity contribution in [1.29, 1.82) is 0 Å². The van der Waals surface area contributed by atoms with Gasteiger partial charge in [-0.05, 0) is 12.3 Å². The molecule has 4 fully saturated rings. The average molecular weight is 410 g/mol. The Labute approximate surface area is 144 Å². The van der Waals surface area contributed by atoms with Crippen LogP contribution in [0, 0.1) is 11.8 Å². The van der Waals surface area contributed by atoms with Gasteiger partial charge in [-0.3, -0.25) is 0 Å². The minimum Gasteiger partial charge on any atom is -0.121 e. The molecule has 0 unspecified atom stereocenters. The van der Waals surface area contributed by atoms with E-state index in [1.54, 1.807) is 0 Å². The summed E-state index contributed by atoms with van der Waals surface area (Å²) in [6.45, 7) is 0. The number of hydrogen-bond donors (Lipinski definition) is 0. The van der Waals surface area contributed by atoms with E-state index in [9.17, 15) is 0 Å². The second-order valence-corrected chi connectivity index (χ2v) is 10.5. The van der Waals surface area contributed by atoms with Crippen LogP contribution >= 0.6 is 92.8 Å². The summed E-state index contributed by atoms with van der Waals surface area (Å²) >= 11 is 52.8. The third-order valence-corrected chi connectivity index (χ3v) is 12.1. The highest BCUT2D eigenvalue weighted by atomic mass is 35.5. The zero-order valence-electron chi connectivity index (χ0n) is 8.54. The Bertz CT molecular complexity index is 480. The molecule has 0 amide bonds. The highest BCUT2D eigenvalue weighted by molar-refractivity contribution is 6.65. The van der Waals surface area contributed by atoms with Gasteiger partial charge in [-0.2, -0.15) is 0 Å². The number of halogens is 8. The topological polar surface area (TPSA) is 0 Å². The lowest BCUT2D eigenvalue weighted by Gasteiger charge is -2.55. The monoisotopic (exact) mass is 406 g/mol. The number of alkyl halides is 8. The van der Waals surface area contributed by atoms with E-state index in [4.69, 9.17) is 92.8 Å². The van der Waals surface area contributed by atoms with Crippen molar-refractivity contribution in [2.75, 3.05) is 0 Å². The van der Waals surface area contributed by atoms with Crippen LogP contribution < -0.4 is 0 Å². The predicted octanol–water partition coefficient (Wildman–Crippen LogP) is 4.96. The zero-order chi connectivity index (χ0) is 13.5. The Morgan fingerprint density at radius 3 is 1.94 bits per heavy atom. The van der Waals surface area contributed by atoms with E-state index in [1.807, 2.05) is 0 Å². The highest BCUT2D eigenvalue weighted by Gasteiger charge is 3.02. The Hall–Kier alpha value is 2.32. The molecule has 0 N–H and O–H groups in total. The molecular weight excluding hydrogens is 404 g/mol.